The van der Waals surface area contributed by atoms with Crippen LogP contribution in [0.1, 0.15) is 27.7 Å². The zero-order chi connectivity index (χ0) is 12.8. The van der Waals surface area contributed by atoms with Crippen molar-refractivity contribution in [2.75, 3.05) is 12.5 Å². The molecule has 0 saturated heterocycles. The number of hydrogen-bond donors (Lipinski definition) is 1. The monoisotopic (exact) mass is 247 g/mol. The fourth-order valence-corrected chi connectivity index (χ4v) is 0.927. The average molecular weight is 248 g/mol. The molecule has 4 nitrogen and oxygen atoms in total. The first kappa shape index (κ1) is 15.0. The molecule has 0 radical (unpaired) electrons. The fraction of sp³-hybridized carbons (Fsp3) is 0.636. The van der Waals surface area contributed by atoms with Crippen LogP contribution in [0.4, 0.5) is 0 Å². The van der Waals surface area contributed by atoms with Gasteiger partial charge in [-0.1, -0.05) is 0 Å². The van der Waals surface area contributed by atoms with E-state index in [1.807, 2.05) is 0 Å². The summed E-state index contributed by atoms with van der Waals surface area (Å²) in [7, 11) is 0. The van der Waals surface area contributed by atoms with Gasteiger partial charge in [0.1, 0.15) is 0 Å². The molecule has 16 heavy (non-hydrogen) atoms. The van der Waals surface area contributed by atoms with E-state index in [2.05, 4.69) is 5.32 Å². The lowest BCUT2D eigenvalue weighted by Crippen LogP contribution is -2.37. The summed E-state index contributed by atoms with van der Waals surface area (Å²) in [6, 6.07) is 0. The van der Waals surface area contributed by atoms with Gasteiger partial charge in [0.25, 0.3) is 0 Å². The first-order chi connectivity index (χ1) is 7.33. The summed E-state index contributed by atoms with van der Waals surface area (Å²) in [5.41, 5.74) is -0.215. The van der Waals surface area contributed by atoms with Crippen molar-refractivity contribution in [3.8, 4) is 0 Å². The van der Waals surface area contributed by atoms with Crippen LogP contribution in [0.15, 0.2) is 11.8 Å². The lowest BCUT2D eigenvalue weighted by atomic mass is 9.95. The molecule has 1 amide bonds. The van der Waals surface area contributed by atoms with Crippen LogP contribution in [-0.4, -0.2) is 24.4 Å². The van der Waals surface area contributed by atoms with Gasteiger partial charge in [0.05, 0.1) is 12.0 Å². The molecule has 0 bridgehead atoms. The molecule has 0 atom stereocenters. The minimum atomic E-state index is -0.661. The van der Waals surface area contributed by atoms with E-state index in [0.29, 0.717) is 12.3 Å². The highest BCUT2D eigenvalue weighted by Crippen LogP contribution is 2.17. The van der Waals surface area contributed by atoms with E-state index >= 15 is 0 Å². The van der Waals surface area contributed by atoms with Crippen molar-refractivity contribution in [3.63, 3.8) is 0 Å². The van der Waals surface area contributed by atoms with E-state index in [1.165, 1.54) is 6.08 Å². The first-order valence-electron chi connectivity index (χ1n) is 5.06. The van der Waals surface area contributed by atoms with Crippen LogP contribution < -0.4 is 5.32 Å². The van der Waals surface area contributed by atoms with E-state index < -0.39 is 11.4 Å². The van der Waals surface area contributed by atoms with Gasteiger partial charge >= 0.3 is 5.97 Å². The average Bonchev–Trinajstić information content (AvgIpc) is 2.17. The number of hydrogen-bond acceptors (Lipinski definition) is 3. The summed E-state index contributed by atoms with van der Waals surface area (Å²) in [6.07, 6.45) is 1.24. The molecular formula is C11H18ClNO3. The molecule has 0 aliphatic heterocycles. The Morgan fingerprint density at radius 1 is 1.44 bits per heavy atom. The molecule has 0 aromatic rings. The van der Waals surface area contributed by atoms with Crippen LogP contribution in [0.5, 0.6) is 0 Å². The molecule has 0 aromatic heterocycles. The Hall–Kier alpha value is -1.03. The quantitative estimate of drug-likeness (QED) is 0.458. The lowest BCUT2D eigenvalue weighted by Gasteiger charge is -2.20. The molecule has 1 N–H and O–H groups in total. The smallest absolute Gasteiger partial charge is 0.332 e. The van der Waals surface area contributed by atoms with E-state index in [4.69, 9.17) is 16.3 Å². The van der Waals surface area contributed by atoms with Crippen LogP contribution in [-0.2, 0) is 14.3 Å². The van der Waals surface area contributed by atoms with Crippen molar-refractivity contribution >= 4 is 23.5 Å². The first-order valence-corrected chi connectivity index (χ1v) is 5.59. The SMILES string of the molecule is CCOC(=O)/C=C(/C)NC(=O)C(C)(C)CCl. The van der Waals surface area contributed by atoms with Crippen molar-refractivity contribution in [3.05, 3.63) is 11.8 Å². The third kappa shape index (κ3) is 5.16. The van der Waals surface area contributed by atoms with Gasteiger partial charge in [0.15, 0.2) is 0 Å². The molecular weight excluding hydrogens is 230 g/mol. The van der Waals surface area contributed by atoms with Gasteiger partial charge in [-0.25, -0.2) is 4.79 Å². The van der Waals surface area contributed by atoms with Crippen LogP contribution in [0.25, 0.3) is 0 Å². The zero-order valence-corrected chi connectivity index (χ0v) is 10.9. The second-order valence-electron chi connectivity index (χ2n) is 4.05. The van der Waals surface area contributed by atoms with Gasteiger partial charge in [-0.15, -0.1) is 11.6 Å². The second-order valence-corrected chi connectivity index (χ2v) is 4.32. The number of halogens is 1. The van der Waals surface area contributed by atoms with Crippen LogP contribution in [0.3, 0.4) is 0 Å². The summed E-state index contributed by atoms with van der Waals surface area (Å²) in [4.78, 5) is 22.7. The minimum Gasteiger partial charge on any atom is -0.463 e. The topological polar surface area (TPSA) is 55.4 Å². The number of nitrogens with one attached hydrogen (secondary N) is 1. The third-order valence-electron chi connectivity index (χ3n) is 1.88. The molecule has 0 saturated carbocycles. The van der Waals surface area contributed by atoms with Gasteiger partial charge in [-0.2, -0.15) is 0 Å². The van der Waals surface area contributed by atoms with Gasteiger partial charge in [-0.3, -0.25) is 4.79 Å². The van der Waals surface area contributed by atoms with E-state index in [1.54, 1.807) is 27.7 Å². The molecule has 0 fully saturated rings. The van der Waals surface area contributed by atoms with E-state index in [0.717, 1.165) is 0 Å². The van der Waals surface area contributed by atoms with Gasteiger partial charge in [-0.05, 0) is 27.7 Å². The Balaban J connectivity index is 4.40. The Bertz CT molecular complexity index is 298. The number of esters is 1. The number of carbonyl (C=O) groups is 2. The highest BCUT2D eigenvalue weighted by atomic mass is 35.5. The maximum Gasteiger partial charge on any atom is 0.332 e. The molecule has 0 spiro atoms. The maximum atomic E-state index is 11.7. The third-order valence-corrected chi connectivity index (χ3v) is 2.55. The zero-order valence-electron chi connectivity index (χ0n) is 10.1. The van der Waals surface area contributed by atoms with Gasteiger partial charge < -0.3 is 10.1 Å². The number of amides is 1. The van der Waals surface area contributed by atoms with Crippen LogP contribution in [0.2, 0.25) is 0 Å². The van der Waals surface area contributed by atoms with E-state index in [-0.39, 0.29) is 11.8 Å². The van der Waals surface area contributed by atoms with Crippen LogP contribution >= 0.6 is 11.6 Å². The standard InChI is InChI=1S/C11H18ClNO3/c1-5-16-9(14)6-8(2)13-10(15)11(3,4)7-12/h6H,5,7H2,1-4H3,(H,13,15)/b8-6-. The second kappa shape index (κ2) is 6.53. The van der Waals surface area contributed by atoms with Crippen molar-refractivity contribution in [2.45, 2.75) is 27.7 Å². The van der Waals surface area contributed by atoms with Crippen LogP contribution in [0, 0.1) is 5.41 Å². The molecule has 5 heteroatoms. The summed E-state index contributed by atoms with van der Waals surface area (Å²) in [5, 5.41) is 2.60. The van der Waals surface area contributed by atoms with Crippen molar-refractivity contribution < 1.29 is 14.3 Å². The Labute approximate surface area is 101 Å². The van der Waals surface area contributed by atoms with E-state index in [9.17, 15) is 9.59 Å². The largest absolute Gasteiger partial charge is 0.463 e. The Kier molecular flexibility index (Phi) is 6.11. The Morgan fingerprint density at radius 2 is 2.00 bits per heavy atom. The molecule has 0 aliphatic rings. The van der Waals surface area contributed by atoms with Gasteiger partial charge in [0.2, 0.25) is 5.91 Å². The number of allylic oxidation sites excluding steroid dienone is 1. The molecule has 0 unspecified atom stereocenters. The Morgan fingerprint density at radius 3 is 2.44 bits per heavy atom. The summed E-state index contributed by atoms with van der Waals surface area (Å²) in [5.74, 6) is -0.476. The number of carbonyl (C=O) groups excluding carboxylic acids is 2. The van der Waals surface area contributed by atoms with Crippen molar-refractivity contribution in [2.24, 2.45) is 5.41 Å². The summed E-state index contributed by atoms with van der Waals surface area (Å²) >= 11 is 5.66. The van der Waals surface area contributed by atoms with Crippen molar-refractivity contribution in [1.29, 1.82) is 0 Å². The lowest BCUT2D eigenvalue weighted by molar-refractivity contribution is -0.137. The van der Waals surface area contributed by atoms with Crippen molar-refractivity contribution in [1.82, 2.24) is 5.32 Å². The van der Waals surface area contributed by atoms with Gasteiger partial charge in [0, 0.05) is 17.7 Å². The number of alkyl halides is 1. The fourth-order valence-electron chi connectivity index (χ4n) is 0.806. The molecule has 92 valence electrons. The molecule has 0 rings (SSSR count). The molecule has 0 heterocycles. The normalized spacial score (nSPS) is 12.2. The number of ether oxygens (including phenoxy) is 1. The number of rotatable bonds is 5. The molecule has 0 aliphatic carbocycles. The predicted octanol–water partition coefficient (Wildman–Crippen LogP) is 1.83. The predicted molar refractivity (Wildman–Crippen MR) is 63.0 cm³/mol. The maximum absolute atomic E-state index is 11.7. The summed E-state index contributed by atoms with van der Waals surface area (Å²) < 4.78 is 4.71. The summed E-state index contributed by atoms with van der Waals surface area (Å²) in [6.45, 7) is 7.11. The minimum absolute atomic E-state index is 0.214. The molecule has 0 aromatic carbocycles. The highest BCUT2D eigenvalue weighted by molar-refractivity contribution is 6.19. The highest BCUT2D eigenvalue weighted by Gasteiger charge is 2.26.